The molecule has 0 bridgehead atoms. The van der Waals surface area contributed by atoms with E-state index >= 15 is 0 Å². The Hall–Kier alpha value is -3.11. The van der Waals surface area contributed by atoms with Gasteiger partial charge in [-0.2, -0.15) is 13.2 Å². The van der Waals surface area contributed by atoms with Gasteiger partial charge in [0.05, 0.1) is 6.54 Å². The molecule has 0 saturated carbocycles. The predicted octanol–water partition coefficient (Wildman–Crippen LogP) is 2.89. The minimum atomic E-state index is -4.70. The van der Waals surface area contributed by atoms with E-state index in [2.05, 4.69) is 4.98 Å². The second kappa shape index (κ2) is 6.75. The van der Waals surface area contributed by atoms with Crippen molar-refractivity contribution in [1.29, 1.82) is 0 Å². The van der Waals surface area contributed by atoms with Gasteiger partial charge in [0.2, 0.25) is 5.91 Å². The van der Waals surface area contributed by atoms with E-state index in [0.717, 1.165) is 0 Å². The zero-order valence-corrected chi connectivity index (χ0v) is 15.1. The zero-order valence-electron chi connectivity index (χ0n) is 15.1. The van der Waals surface area contributed by atoms with Crippen molar-refractivity contribution in [2.24, 2.45) is 0 Å². The Morgan fingerprint density at radius 1 is 1.24 bits per heavy atom. The normalized spacial score (nSPS) is 18.9. The SMILES string of the molecule is O=C(C(c1ccccc1)C(F)(F)F)N1CCC2(CC1)Cn1cc([N+](=O)[O-])nc1O2. The molecule has 11 heteroatoms. The number of carbonyl (C=O) groups excluding carboxylic acids is 1. The van der Waals surface area contributed by atoms with Crippen LogP contribution in [-0.2, 0) is 11.3 Å². The van der Waals surface area contributed by atoms with E-state index in [4.69, 9.17) is 4.74 Å². The van der Waals surface area contributed by atoms with E-state index in [1.807, 2.05) is 0 Å². The average molecular weight is 410 g/mol. The van der Waals surface area contributed by atoms with Crippen LogP contribution in [0.25, 0.3) is 0 Å². The zero-order chi connectivity index (χ0) is 20.8. The molecule has 8 nitrogen and oxygen atoms in total. The topological polar surface area (TPSA) is 90.5 Å². The molecule has 2 aliphatic rings. The van der Waals surface area contributed by atoms with E-state index in [0.29, 0.717) is 19.4 Å². The first-order chi connectivity index (χ1) is 13.7. The second-order valence-corrected chi connectivity index (χ2v) is 7.26. The van der Waals surface area contributed by atoms with Gasteiger partial charge in [-0.25, -0.2) is 0 Å². The fourth-order valence-corrected chi connectivity index (χ4v) is 3.90. The third-order valence-electron chi connectivity index (χ3n) is 5.37. The summed E-state index contributed by atoms with van der Waals surface area (Å²) in [4.78, 5) is 27.9. The van der Waals surface area contributed by atoms with Gasteiger partial charge in [-0.3, -0.25) is 9.36 Å². The number of hydrogen-bond acceptors (Lipinski definition) is 5. The molecule has 1 unspecified atom stereocenters. The van der Waals surface area contributed by atoms with Crippen molar-refractivity contribution in [3.8, 4) is 6.01 Å². The van der Waals surface area contributed by atoms with E-state index in [1.54, 1.807) is 6.07 Å². The van der Waals surface area contributed by atoms with Crippen molar-refractivity contribution in [1.82, 2.24) is 14.5 Å². The Morgan fingerprint density at radius 2 is 1.90 bits per heavy atom. The van der Waals surface area contributed by atoms with Gasteiger partial charge in [0, 0.05) is 30.9 Å². The molecule has 1 spiro atoms. The number of fused-ring (bicyclic) bond motifs is 1. The summed E-state index contributed by atoms with van der Waals surface area (Å²) in [7, 11) is 0. The third-order valence-corrected chi connectivity index (χ3v) is 5.37. The predicted molar refractivity (Wildman–Crippen MR) is 93.3 cm³/mol. The molecular formula is C18H17F3N4O4. The van der Waals surface area contributed by atoms with Crippen LogP contribution in [0.4, 0.5) is 19.0 Å². The lowest BCUT2D eigenvalue weighted by Gasteiger charge is -2.39. The van der Waals surface area contributed by atoms with E-state index in [9.17, 15) is 28.1 Å². The fraction of sp³-hybridized carbons (Fsp3) is 0.444. The van der Waals surface area contributed by atoms with Crippen LogP contribution in [0.2, 0.25) is 0 Å². The number of carbonyl (C=O) groups is 1. The maximum Gasteiger partial charge on any atom is 0.415 e. The highest BCUT2D eigenvalue weighted by Crippen LogP contribution is 2.40. The Morgan fingerprint density at radius 3 is 2.45 bits per heavy atom. The summed E-state index contributed by atoms with van der Waals surface area (Å²) in [6.07, 6.45) is -2.79. The van der Waals surface area contributed by atoms with Crippen molar-refractivity contribution < 1.29 is 27.6 Å². The number of nitrogens with zero attached hydrogens (tertiary/aromatic N) is 4. The molecule has 0 N–H and O–H groups in total. The molecule has 1 saturated heterocycles. The first-order valence-electron chi connectivity index (χ1n) is 9.00. The monoisotopic (exact) mass is 410 g/mol. The second-order valence-electron chi connectivity index (χ2n) is 7.26. The summed E-state index contributed by atoms with van der Waals surface area (Å²) in [5, 5.41) is 10.8. The number of likely N-dealkylation sites (tertiary alicyclic amines) is 1. The van der Waals surface area contributed by atoms with Gasteiger partial charge in [-0.05, 0) is 10.5 Å². The molecule has 2 aliphatic heterocycles. The smallest absolute Gasteiger partial charge is 0.415 e. The van der Waals surface area contributed by atoms with Crippen LogP contribution < -0.4 is 4.74 Å². The summed E-state index contributed by atoms with van der Waals surface area (Å²) in [6, 6.07) is 7.26. The van der Waals surface area contributed by atoms with Crippen LogP contribution in [0.1, 0.15) is 24.3 Å². The number of ether oxygens (including phenoxy) is 1. The lowest BCUT2D eigenvalue weighted by Crippen LogP contribution is -2.51. The number of piperidine rings is 1. The molecule has 1 amide bonds. The van der Waals surface area contributed by atoms with E-state index in [-0.39, 0.29) is 30.5 Å². The van der Waals surface area contributed by atoms with Gasteiger partial charge in [0.15, 0.2) is 5.92 Å². The largest absolute Gasteiger partial charge is 0.437 e. The van der Waals surface area contributed by atoms with Crippen molar-refractivity contribution >= 4 is 11.7 Å². The number of hydrogen-bond donors (Lipinski definition) is 0. The number of amides is 1. The highest BCUT2D eigenvalue weighted by molar-refractivity contribution is 5.84. The van der Waals surface area contributed by atoms with Crippen LogP contribution in [0.15, 0.2) is 36.5 Å². The third kappa shape index (κ3) is 3.52. The number of nitro groups is 1. The van der Waals surface area contributed by atoms with Crippen LogP contribution in [0.5, 0.6) is 6.01 Å². The molecule has 1 atom stereocenters. The molecule has 1 aromatic carbocycles. The van der Waals surface area contributed by atoms with Gasteiger partial charge in [-0.15, -0.1) is 0 Å². The summed E-state index contributed by atoms with van der Waals surface area (Å²) in [6.45, 7) is 0.517. The highest BCUT2D eigenvalue weighted by atomic mass is 19.4. The molecule has 3 heterocycles. The van der Waals surface area contributed by atoms with Crippen LogP contribution >= 0.6 is 0 Å². The maximum absolute atomic E-state index is 13.6. The van der Waals surface area contributed by atoms with E-state index < -0.39 is 28.5 Å². The Kier molecular flexibility index (Phi) is 4.47. The van der Waals surface area contributed by atoms with Crippen molar-refractivity contribution in [3.05, 3.63) is 52.2 Å². The molecule has 29 heavy (non-hydrogen) atoms. The van der Waals surface area contributed by atoms with E-state index in [1.165, 1.54) is 39.9 Å². The fourth-order valence-electron chi connectivity index (χ4n) is 3.90. The van der Waals surface area contributed by atoms with Gasteiger partial charge >= 0.3 is 18.0 Å². The molecule has 1 fully saturated rings. The molecule has 0 aliphatic carbocycles. The maximum atomic E-state index is 13.6. The van der Waals surface area contributed by atoms with Crippen molar-refractivity contribution in [3.63, 3.8) is 0 Å². The van der Waals surface area contributed by atoms with Crippen LogP contribution in [0, 0.1) is 10.1 Å². The average Bonchev–Trinajstić information content (AvgIpc) is 3.18. The van der Waals surface area contributed by atoms with Crippen molar-refractivity contribution in [2.75, 3.05) is 13.1 Å². The lowest BCUT2D eigenvalue weighted by atomic mass is 9.89. The summed E-state index contributed by atoms with van der Waals surface area (Å²) < 4.78 is 48.1. The van der Waals surface area contributed by atoms with Gasteiger partial charge in [0.25, 0.3) is 0 Å². The minimum Gasteiger partial charge on any atom is -0.437 e. The Labute approximate surface area is 163 Å². The number of halogens is 3. The number of benzene rings is 1. The molecule has 4 rings (SSSR count). The van der Waals surface area contributed by atoms with Gasteiger partial charge < -0.3 is 19.8 Å². The summed E-state index contributed by atoms with van der Waals surface area (Å²) in [5.74, 6) is -3.51. The van der Waals surface area contributed by atoms with Crippen molar-refractivity contribution in [2.45, 2.75) is 37.1 Å². The number of aromatic nitrogens is 2. The summed E-state index contributed by atoms with van der Waals surface area (Å²) in [5.41, 5.74) is -0.802. The quantitative estimate of drug-likeness (QED) is 0.573. The highest BCUT2D eigenvalue weighted by Gasteiger charge is 2.51. The molecule has 154 valence electrons. The molecule has 0 radical (unpaired) electrons. The summed E-state index contributed by atoms with van der Waals surface area (Å²) >= 11 is 0. The Balaban J connectivity index is 1.46. The Bertz CT molecular complexity index is 911. The first-order valence-corrected chi connectivity index (χ1v) is 9.00. The standard InChI is InChI=1S/C18H17F3N4O4/c19-18(20,21)14(12-4-2-1-3-5-12)15(26)23-8-6-17(7-9-23)11-24-10-13(25(27)28)22-16(24)29-17/h1-5,10,14H,6-9,11H2. The first kappa shape index (κ1) is 19.2. The van der Waals surface area contributed by atoms with Gasteiger partial charge in [0.1, 0.15) is 11.8 Å². The number of imidazole rings is 1. The minimum absolute atomic E-state index is 0.0881. The van der Waals surface area contributed by atoms with Crippen LogP contribution in [0.3, 0.4) is 0 Å². The molecule has 2 aromatic rings. The lowest BCUT2D eigenvalue weighted by molar-refractivity contribution is -0.389. The number of rotatable bonds is 3. The van der Waals surface area contributed by atoms with Gasteiger partial charge in [-0.1, -0.05) is 30.3 Å². The molecular weight excluding hydrogens is 393 g/mol. The van der Waals surface area contributed by atoms with Crippen LogP contribution in [-0.4, -0.2) is 50.1 Å². The molecule has 1 aromatic heterocycles. The number of alkyl halides is 3.